The van der Waals surface area contributed by atoms with Crippen molar-refractivity contribution in [2.45, 2.75) is 38.0 Å². The molecule has 2 fully saturated rings. The maximum atomic E-state index is 5.78. The number of likely N-dealkylation sites (tertiary alicyclic amines) is 1. The first-order chi connectivity index (χ1) is 8.22. The number of morpholine rings is 1. The summed E-state index contributed by atoms with van der Waals surface area (Å²) in [6, 6.07) is 0.103. The molecule has 2 saturated heterocycles. The molecule has 6 heteroatoms. The van der Waals surface area contributed by atoms with Crippen LogP contribution in [-0.2, 0) is 9.47 Å². The van der Waals surface area contributed by atoms with Gasteiger partial charge in [0.1, 0.15) is 0 Å². The second-order valence-electron chi connectivity index (χ2n) is 4.76. The Kier molecular flexibility index (Phi) is 4.20. The number of nitrogens with zero attached hydrogens (tertiary/aromatic N) is 2. The summed E-state index contributed by atoms with van der Waals surface area (Å²) in [5, 5.41) is 0. The fourth-order valence-corrected chi connectivity index (χ4v) is 2.49. The maximum Gasteiger partial charge on any atom is 0.208 e. The molecule has 0 spiro atoms. The van der Waals surface area contributed by atoms with E-state index in [0.29, 0.717) is 18.8 Å². The van der Waals surface area contributed by atoms with Crippen LogP contribution in [0.2, 0.25) is 0 Å². The van der Waals surface area contributed by atoms with Crippen LogP contribution < -0.4 is 11.3 Å². The number of aliphatic imine (C=N–C) groups is 1. The van der Waals surface area contributed by atoms with E-state index >= 15 is 0 Å². The summed E-state index contributed by atoms with van der Waals surface area (Å²) in [5.74, 6) is 6.30. The van der Waals surface area contributed by atoms with Crippen molar-refractivity contribution in [3.63, 3.8) is 0 Å². The number of fused-ring (bicyclic) bond motifs is 2. The average molecular weight is 242 g/mol. The largest absolute Gasteiger partial charge is 0.382 e. The van der Waals surface area contributed by atoms with Gasteiger partial charge >= 0.3 is 0 Å². The van der Waals surface area contributed by atoms with Crippen molar-refractivity contribution in [2.75, 3.05) is 26.8 Å². The summed E-state index contributed by atoms with van der Waals surface area (Å²) < 4.78 is 10.9. The summed E-state index contributed by atoms with van der Waals surface area (Å²) in [6.45, 7) is 4.36. The van der Waals surface area contributed by atoms with Gasteiger partial charge in [-0.15, -0.1) is 0 Å². The Labute approximate surface area is 102 Å². The van der Waals surface area contributed by atoms with Gasteiger partial charge in [0.05, 0.1) is 24.9 Å². The first-order valence-electron chi connectivity index (χ1n) is 6.16. The Morgan fingerprint density at radius 2 is 2.18 bits per heavy atom. The molecule has 2 aliphatic heterocycles. The average Bonchev–Trinajstić information content (AvgIpc) is 2.65. The lowest BCUT2D eigenvalue weighted by molar-refractivity contribution is -0.0169. The standard InChI is InChI=1S/C11H22N4O2/c1-8(7-16-2)13-11(14-12)15-5-9-3-4-10(6-15)17-9/h8-10H,3-7,12H2,1-2H3,(H,13,14). The van der Waals surface area contributed by atoms with Crippen LogP contribution in [0.1, 0.15) is 19.8 Å². The Hall–Kier alpha value is -0.850. The van der Waals surface area contributed by atoms with Gasteiger partial charge in [-0.3, -0.25) is 5.43 Å². The quantitative estimate of drug-likeness (QED) is 0.308. The molecule has 6 nitrogen and oxygen atoms in total. The monoisotopic (exact) mass is 242 g/mol. The summed E-state index contributed by atoms with van der Waals surface area (Å²) in [4.78, 5) is 6.71. The SMILES string of the molecule is COCC(C)N=C(NN)N1CC2CCC(C1)O2. The molecule has 0 aliphatic carbocycles. The van der Waals surface area contributed by atoms with Crippen molar-refractivity contribution < 1.29 is 9.47 Å². The van der Waals surface area contributed by atoms with Gasteiger partial charge in [0.25, 0.3) is 0 Å². The number of nitrogens with one attached hydrogen (secondary N) is 1. The molecular formula is C11H22N4O2. The maximum absolute atomic E-state index is 5.78. The summed E-state index contributed by atoms with van der Waals surface area (Å²) in [5.41, 5.74) is 2.69. The minimum Gasteiger partial charge on any atom is -0.382 e. The number of ether oxygens (including phenoxy) is 2. The van der Waals surface area contributed by atoms with E-state index in [1.165, 1.54) is 0 Å². The van der Waals surface area contributed by atoms with Gasteiger partial charge in [0, 0.05) is 20.2 Å². The number of methoxy groups -OCH3 is 1. The zero-order chi connectivity index (χ0) is 12.3. The Morgan fingerprint density at radius 3 is 2.71 bits per heavy atom. The number of hydrazine groups is 1. The second kappa shape index (κ2) is 5.66. The van der Waals surface area contributed by atoms with Gasteiger partial charge in [0.2, 0.25) is 5.96 Å². The van der Waals surface area contributed by atoms with E-state index in [1.807, 2.05) is 6.92 Å². The number of guanidine groups is 1. The molecule has 0 saturated carbocycles. The summed E-state index contributed by atoms with van der Waals surface area (Å²) >= 11 is 0. The Balaban J connectivity index is 1.98. The second-order valence-corrected chi connectivity index (χ2v) is 4.76. The van der Waals surface area contributed by atoms with Gasteiger partial charge in [-0.2, -0.15) is 0 Å². The summed E-state index contributed by atoms with van der Waals surface area (Å²) in [6.07, 6.45) is 2.97. The normalized spacial score (nSPS) is 30.5. The van der Waals surface area contributed by atoms with Crippen LogP contribution in [0.3, 0.4) is 0 Å². The van der Waals surface area contributed by atoms with Crippen LogP contribution >= 0.6 is 0 Å². The van der Waals surface area contributed by atoms with Crippen molar-refractivity contribution in [1.29, 1.82) is 0 Å². The van der Waals surface area contributed by atoms with Crippen molar-refractivity contribution in [1.82, 2.24) is 10.3 Å². The molecule has 3 atom stereocenters. The zero-order valence-corrected chi connectivity index (χ0v) is 10.6. The lowest BCUT2D eigenvalue weighted by Crippen LogP contribution is -2.52. The van der Waals surface area contributed by atoms with E-state index < -0.39 is 0 Å². The molecule has 2 bridgehead atoms. The summed E-state index contributed by atoms with van der Waals surface area (Å²) in [7, 11) is 1.68. The molecule has 98 valence electrons. The van der Waals surface area contributed by atoms with Gasteiger partial charge in [-0.1, -0.05) is 0 Å². The highest BCUT2D eigenvalue weighted by Crippen LogP contribution is 2.26. The molecule has 0 radical (unpaired) electrons. The van der Waals surface area contributed by atoms with Crippen LogP contribution in [0.5, 0.6) is 0 Å². The fraction of sp³-hybridized carbons (Fsp3) is 0.909. The molecule has 17 heavy (non-hydrogen) atoms. The molecule has 3 unspecified atom stereocenters. The van der Waals surface area contributed by atoms with E-state index in [0.717, 1.165) is 31.9 Å². The van der Waals surface area contributed by atoms with Crippen molar-refractivity contribution >= 4 is 5.96 Å². The lowest BCUT2D eigenvalue weighted by Gasteiger charge is -2.34. The minimum absolute atomic E-state index is 0.103. The van der Waals surface area contributed by atoms with Gasteiger partial charge in [-0.05, 0) is 19.8 Å². The smallest absolute Gasteiger partial charge is 0.208 e. The third-order valence-electron chi connectivity index (χ3n) is 3.22. The minimum atomic E-state index is 0.103. The van der Waals surface area contributed by atoms with E-state index in [-0.39, 0.29) is 6.04 Å². The van der Waals surface area contributed by atoms with E-state index in [4.69, 9.17) is 15.3 Å². The third-order valence-corrected chi connectivity index (χ3v) is 3.22. The molecule has 0 aromatic rings. The highest BCUT2D eigenvalue weighted by molar-refractivity contribution is 5.79. The van der Waals surface area contributed by atoms with Crippen LogP contribution in [0.15, 0.2) is 4.99 Å². The molecular weight excluding hydrogens is 220 g/mol. The predicted octanol–water partition coefficient (Wildman–Crippen LogP) is -0.296. The van der Waals surface area contributed by atoms with Gasteiger partial charge in [-0.25, -0.2) is 10.8 Å². The fourth-order valence-electron chi connectivity index (χ4n) is 2.49. The Morgan fingerprint density at radius 1 is 1.53 bits per heavy atom. The molecule has 2 rings (SSSR count). The first kappa shape index (κ1) is 12.6. The molecule has 0 aromatic carbocycles. The van der Waals surface area contributed by atoms with Gasteiger partial charge < -0.3 is 14.4 Å². The van der Waals surface area contributed by atoms with E-state index in [2.05, 4.69) is 15.3 Å². The number of nitrogens with two attached hydrogens (primary N) is 1. The highest BCUT2D eigenvalue weighted by atomic mass is 16.5. The van der Waals surface area contributed by atoms with Crippen LogP contribution in [0.25, 0.3) is 0 Å². The van der Waals surface area contributed by atoms with Crippen LogP contribution in [-0.4, -0.2) is 55.9 Å². The van der Waals surface area contributed by atoms with E-state index in [1.54, 1.807) is 7.11 Å². The van der Waals surface area contributed by atoms with Crippen LogP contribution in [0, 0.1) is 0 Å². The third kappa shape index (κ3) is 3.08. The van der Waals surface area contributed by atoms with E-state index in [9.17, 15) is 0 Å². The van der Waals surface area contributed by atoms with Crippen LogP contribution in [0.4, 0.5) is 0 Å². The molecule has 0 amide bonds. The molecule has 3 N–H and O–H groups in total. The first-order valence-corrected chi connectivity index (χ1v) is 6.16. The number of hydrogen-bond acceptors (Lipinski definition) is 4. The number of hydrogen-bond donors (Lipinski definition) is 2. The van der Waals surface area contributed by atoms with Gasteiger partial charge in [0.15, 0.2) is 0 Å². The number of rotatable bonds is 3. The lowest BCUT2D eigenvalue weighted by atomic mass is 10.2. The molecule has 2 heterocycles. The van der Waals surface area contributed by atoms with Crippen molar-refractivity contribution in [2.24, 2.45) is 10.8 Å². The molecule has 0 aromatic heterocycles. The topological polar surface area (TPSA) is 72.1 Å². The van der Waals surface area contributed by atoms with Crippen molar-refractivity contribution in [3.8, 4) is 0 Å². The predicted molar refractivity (Wildman–Crippen MR) is 65.6 cm³/mol. The molecule has 2 aliphatic rings. The Bertz CT molecular complexity index is 273. The highest BCUT2D eigenvalue weighted by Gasteiger charge is 2.34. The zero-order valence-electron chi connectivity index (χ0n) is 10.6. The van der Waals surface area contributed by atoms with Crippen molar-refractivity contribution in [3.05, 3.63) is 0 Å².